The Morgan fingerprint density at radius 3 is 2.31 bits per heavy atom. The van der Waals surface area contributed by atoms with Crippen LogP contribution >= 0.6 is 0 Å². The lowest BCUT2D eigenvalue weighted by Gasteiger charge is -2.17. The average Bonchev–Trinajstić information content (AvgIpc) is 2.80. The minimum atomic E-state index is -0.105. The summed E-state index contributed by atoms with van der Waals surface area (Å²) < 4.78 is 10.6. The van der Waals surface area contributed by atoms with Crippen molar-refractivity contribution in [1.29, 1.82) is 0 Å². The molecule has 0 heterocycles. The van der Waals surface area contributed by atoms with Gasteiger partial charge in [-0.05, 0) is 60.1 Å². The maximum atomic E-state index is 12.7. The number of fused-ring (bicyclic) bond motifs is 1. The molecule has 32 heavy (non-hydrogen) atoms. The van der Waals surface area contributed by atoms with Crippen LogP contribution in [-0.4, -0.2) is 50.9 Å². The summed E-state index contributed by atoms with van der Waals surface area (Å²) in [6.45, 7) is 3.01. The Hall–Kier alpha value is -3.38. The molecule has 0 aliphatic heterocycles. The molecule has 1 amide bonds. The van der Waals surface area contributed by atoms with Gasteiger partial charge in [0.1, 0.15) is 0 Å². The average molecular weight is 435 g/mol. The van der Waals surface area contributed by atoms with E-state index < -0.39 is 0 Å². The van der Waals surface area contributed by atoms with Gasteiger partial charge in [0, 0.05) is 37.7 Å². The topological polar surface area (TPSA) is 67.9 Å². The largest absolute Gasteiger partial charge is 0.493 e. The quantitative estimate of drug-likeness (QED) is 0.474. The second kappa shape index (κ2) is 10.8. The van der Waals surface area contributed by atoms with Crippen LogP contribution in [-0.2, 0) is 11.2 Å². The fourth-order valence-corrected chi connectivity index (χ4v) is 3.60. The Bertz CT molecular complexity index is 1110. The summed E-state index contributed by atoms with van der Waals surface area (Å²) >= 11 is 0. The number of benzene rings is 3. The lowest BCUT2D eigenvalue weighted by Crippen LogP contribution is -2.24. The Balaban J connectivity index is 1.54. The standard InChI is InChI=1S/C26H30N2O4/c1-18(29)27-23-9-8-20-16-22(7-6-21(20)17-23)24(30)12-14-28(2)13-11-19-5-10-25(31-3)26(15-19)32-4/h5-10,15-17H,11-14H2,1-4H3,(H,27,29). The fourth-order valence-electron chi connectivity index (χ4n) is 3.60. The van der Waals surface area contributed by atoms with Crippen molar-refractivity contribution in [2.45, 2.75) is 19.8 Å². The second-order valence-electron chi connectivity index (χ2n) is 7.87. The number of methoxy groups -OCH3 is 2. The number of ether oxygens (including phenoxy) is 2. The van der Waals surface area contributed by atoms with Crippen LogP contribution in [0.5, 0.6) is 11.5 Å². The molecular formula is C26H30N2O4. The first kappa shape index (κ1) is 23.3. The number of Topliss-reactive ketones (excluding diaryl/α,β-unsaturated/α-hetero) is 1. The molecule has 3 aromatic carbocycles. The molecule has 0 saturated carbocycles. The van der Waals surface area contributed by atoms with E-state index >= 15 is 0 Å². The number of hydrogen-bond acceptors (Lipinski definition) is 5. The molecule has 6 heteroatoms. The van der Waals surface area contributed by atoms with E-state index in [1.54, 1.807) is 14.2 Å². The van der Waals surface area contributed by atoms with Crippen molar-refractivity contribution in [2.75, 3.05) is 39.7 Å². The van der Waals surface area contributed by atoms with Gasteiger partial charge in [-0.15, -0.1) is 0 Å². The van der Waals surface area contributed by atoms with Gasteiger partial charge in [-0.1, -0.05) is 24.3 Å². The van der Waals surface area contributed by atoms with Gasteiger partial charge in [0.25, 0.3) is 0 Å². The molecular weight excluding hydrogens is 404 g/mol. The predicted molar refractivity (Wildman–Crippen MR) is 128 cm³/mol. The zero-order valence-corrected chi connectivity index (χ0v) is 19.1. The lowest BCUT2D eigenvalue weighted by atomic mass is 10.0. The summed E-state index contributed by atoms with van der Waals surface area (Å²) in [4.78, 5) is 26.1. The van der Waals surface area contributed by atoms with E-state index in [0.717, 1.165) is 46.5 Å². The van der Waals surface area contributed by atoms with E-state index in [1.165, 1.54) is 6.92 Å². The zero-order valence-electron chi connectivity index (χ0n) is 19.1. The third-order valence-electron chi connectivity index (χ3n) is 5.43. The molecule has 0 aromatic heterocycles. The SMILES string of the molecule is COc1ccc(CCN(C)CCC(=O)c2ccc3cc(NC(C)=O)ccc3c2)cc1OC. The number of nitrogens with zero attached hydrogens (tertiary/aromatic N) is 1. The number of carbonyl (C=O) groups excluding carboxylic acids is 2. The Morgan fingerprint density at radius 1 is 0.875 bits per heavy atom. The summed E-state index contributed by atoms with van der Waals surface area (Å²) in [5, 5.41) is 4.74. The van der Waals surface area contributed by atoms with Gasteiger partial charge < -0.3 is 19.7 Å². The first-order valence-electron chi connectivity index (χ1n) is 10.6. The number of nitrogens with one attached hydrogen (secondary N) is 1. The Labute approximate surface area is 189 Å². The highest BCUT2D eigenvalue weighted by molar-refractivity contribution is 6.01. The van der Waals surface area contributed by atoms with Crippen molar-refractivity contribution >= 4 is 28.2 Å². The van der Waals surface area contributed by atoms with Crippen molar-refractivity contribution in [1.82, 2.24) is 4.90 Å². The molecule has 0 atom stereocenters. The second-order valence-corrected chi connectivity index (χ2v) is 7.87. The Morgan fingerprint density at radius 2 is 1.59 bits per heavy atom. The van der Waals surface area contributed by atoms with Crippen LogP contribution < -0.4 is 14.8 Å². The molecule has 3 rings (SSSR count). The maximum Gasteiger partial charge on any atom is 0.221 e. The minimum Gasteiger partial charge on any atom is -0.493 e. The van der Waals surface area contributed by atoms with Gasteiger partial charge >= 0.3 is 0 Å². The van der Waals surface area contributed by atoms with Crippen molar-refractivity contribution in [2.24, 2.45) is 0 Å². The van der Waals surface area contributed by atoms with E-state index in [-0.39, 0.29) is 11.7 Å². The van der Waals surface area contributed by atoms with Crippen molar-refractivity contribution in [3.05, 3.63) is 65.7 Å². The molecule has 0 unspecified atom stereocenters. The van der Waals surface area contributed by atoms with Crippen LogP contribution in [0.15, 0.2) is 54.6 Å². The van der Waals surface area contributed by atoms with Crippen LogP contribution in [0.1, 0.15) is 29.3 Å². The van der Waals surface area contributed by atoms with Gasteiger partial charge in [0.2, 0.25) is 5.91 Å². The summed E-state index contributed by atoms with van der Waals surface area (Å²) in [7, 11) is 5.28. The lowest BCUT2D eigenvalue weighted by molar-refractivity contribution is -0.114. The number of amides is 1. The molecule has 0 aliphatic carbocycles. The Kier molecular flexibility index (Phi) is 7.84. The number of ketones is 1. The molecule has 168 valence electrons. The van der Waals surface area contributed by atoms with E-state index in [2.05, 4.69) is 10.2 Å². The van der Waals surface area contributed by atoms with Crippen LogP contribution in [0, 0.1) is 0 Å². The zero-order chi connectivity index (χ0) is 23.1. The van der Waals surface area contributed by atoms with Gasteiger partial charge in [0.05, 0.1) is 14.2 Å². The van der Waals surface area contributed by atoms with E-state index in [9.17, 15) is 9.59 Å². The number of anilines is 1. The first-order valence-corrected chi connectivity index (χ1v) is 10.6. The number of carbonyl (C=O) groups is 2. The molecule has 0 aliphatic rings. The van der Waals surface area contributed by atoms with E-state index in [0.29, 0.717) is 18.5 Å². The molecule has 0 saturated heterocycles. The van der Waals surface area contributed by atoms with E-state index in [4.69, 9.17) is 9.47 Å². The third kappa shape index (κ3) is 6.08. The van der Waals surface area contributed by atoms with Crippen molar-refractivity contribution < 1.29 is 19.1 Å². The molecule has 0 bridgehead atoms. The number of hydrogen-bond donors (Lipinski definition) is 1. The smallest absolute Gasteiger partial charge is 0.221 e. The van der Waals surface area contributed by atoms with Crippen LogP contribution in [0.2, 0.25) is 0 Å². The first-order chi connectivity index (χ1) is 15.4. The number of likely N-dealkylation sites (N-methyl/N-ethyl adjacent to an activating group) is 1. The molecule has 6 nitrogen and oxygen atoms in total. The fraction of sp³-hybridized carbons (Fsp3) is 0.308. The van der Waals surface area contributed by atoms with E-state index in [1.807, 2.05) is 61.6 Å². The summed E-state index contributed by atoms with van der Waals surface area (Å²) in [5.41, 5.74) is 2.62. The van der Waals surface area contributed by atoms with Gasteiger partial charge in [-0.25, -0.2) is 0 Å². The maximum absolute atomic E-state index is 12.7. The number of rotatable bonds is 10. The minimum absolute atomic E-state index is 0.105. The summed E-state index contributed by atoms with van der Waals surface area (Å²) in [6.07, 6.45) is 1.32. The third-order valence-corrected chi connectivity index (χ3v) is 5.43. The molecule has 0 spiro atoms. The summed E-state index contributed by atoms with van der Waals surface area (Å²) in [5.74, 6) is 1.46. The van der Waals surface area contributed by atoms with Gasteiger partial charge in [-0.2, -0.15) is 0 Å². The van der Waals surface area contributed by atoms with Crippen LogP contribution in [0.4, 0.5) is 5.69 Å². The highest BCUT2D eigenvalue weighted by atomic mass is 16.5. The van der Waals surface area contributed by atoms with Gasteiger partial charge in [0.15, 0.2) is 17.3 Å². The normalized spacial score (nSPS) is 10.9. The van der Waals surface area contributed by atoms with Crippen molar-refractivity contribution in [3.8, 4) is 11.5 Å². The molecule has 0 radical (unpaired) electrons. The molecule has 0 fully saturated rings. The molecule has 3 aromatic rings. The highest BCUT2D eigenvalue weighted by Gasteiger charge is 2.10. The van der Waals surface area contributed by atoms with Crippen LogP contribution in [0.3, 0.4) is 0 Å². The monoisotopic (exact) mass is 434 g/mol. The van der Waals surface area contributed by atoms with Gasteiger partial charge in [-0.3, -0.25) is 9.59 Å². The predicted octanol–water partition coefficient (Wildman–Crippen LogP) is 4.56. The van der Waals surface area contributed by atoms with Crippen molar-refractivity contribution in [3.63, 3.8) is 0 Å². The molecule has 1 N–H and O–H groups in total. The van der Waals surface area contributed by atoms with Crippen LogP contribution in [0.25, 0.3) is 10.8 Å². The summed E-state index contributed by atoms with van der Waals surface area (Å²) in [6, 6.07) is 17.3. The highest BCUT2D eigenvalue weighted by Crippen LogP contribution is 2.27.